The summed E-state index contributed by atoms with van der Waals surface area (Å²) >= 11 is 0. The topological polar surface area (TPSA) is 55.4 Å². The zero-order chi connectivity index (χ0) is 28.9. The van der Waals surface area contributed by atoms with Gasteiger partial charge >= 0.3 is 0 Å². The highest BCUT2D eigenvalue weighted by Gasteiger charge is 2.59. The molecule has 4 aromatic carbocycles. The van der Waals surface area contributed by atoms with Crippen molar-refractivity contribution >= 4 is 0 Å². The first-order chi connectivity index (χ1) is 19.9. The van der Waals surface area contributed by atoms with E-state index in [9.17, 15) is 0 Å². The first-order valence-corrected chi connectivity index (χ1v) is 13.7. The number of hydrogen-bond donors (Lipinski definition) is 0. The van der Waals surface area contributed by atoms with Crippen LogP contribution in [-0.4, -0.2) is 42.7 Å². The Morgan fingerprint density at radius 3 is 1.59 bits per heavy atom. The minimum absolute atomic E-state index is 0.00502. The van der Waals surface area contributed by atoms with Gasteiger partial charge in [0.25, 0.3) is 0 Å². The van der Waals surface area contributed by atoms with Gasteiger partial charge in [-0.3, -0.25) is 0 Å². The summed E-state index contributed by atoms with van der Waals surface area (Å²) in [4.78, 5) is 0. The summed E-state index contributed by atoms with van der Waals surface area (Å²) < 4.78 is 34.9. The number of ether oxygens (including phenoxy) is 6. The van der Waals surface area contributed by atoms with Crippen LogP contribution in [0.3, 0.4) is 0 Å². The average Bonchev–Trinajstić information content (AvgIpc) is 3.34. The molecule has 6 nitrogen and oxygen atoms in total. The number of rotatable bonds is 8. The fourth-order valence-electron chi connectivity index (χ4n) is 7.40. The standard InChI is InChI=1S/C35H36O6/c1-35(21-10-14-23(37-3)15-11-21)33-27(17-25(39-5)19-29(33)41-7)32-30(20-8-12-22(36-2)13-9-20)34(35)26-16-24(38-4)18-28(40-6)31(26)32/h8-19,30,32,34H,1-7H3/t30?,32?,34?,35-/m1/s1. The van der Waals surface area contributed by atoms with Crippen LogP contribution in [0.1, 0.15) is 58.1 Å². The quantitative estimate of drug-likeness (QED) is 0.233. The van der Waals surface area contributed by atoms with E-state index in [-0.39, 0.29) is 17.8 Å². The highest BCUT2D eigenvalue weighted by Crippen LogP contribution is 2.71. The largest absolute Gasteiger partial charge is 0.497 e. The molecule has 0 spiro atoms. The van der Waals surface area contributed by atoms with Crippen LogP contribution in [0.15, 0.2) is 72.8 Å². The number of hydrogen-bond acceptors (Lipinski definition) is 6. The highest BCUT2D eigenvalue weighted by atomic mass is 16.5. The molecule has 4 atom stereocenters. The molecule has 0 fully saturated rings. The van der Waals surface area contributed by atoms with Gasteiger partial charge in [0.1, 0.15) is 34.5 Å². The Hall–Kier alpha value is -4.32. The van der Waals surface area contributed by atoms with Crippen molar-refractivity contribution in [2.24, 2.45) is 0 Å². The van der Waals surface area contributed by atoms with Gasteiger partial charge in [-0.2, -0.15) is 0 Å². The monoisotopic (exact) mass is 552 g/mol. The molecular weight excluding hydrogens is 516 g/mol. The van der Waals surface area contributed by atoms with Crippen molar-refractivity contribution in [3.05, 3.63) is 106 Å². The summed E-state index contributed by atoms with van der Waals surface area (Å²) in [6.45, 7) is 2.33. The lowest BCUT2D eigenvalue weighted by Crippen LogP contribution is -2.39. The van der Waals surface area contributed by atoms with Crippen molar-refractivity contribution in [2.75, 3.05) is 42.7 Å². The molecule has 6 rings (SSSR count). The second-order valence-electron chi connectivity index (χ2n) is 10.8. The maximum Gasteiger partial charge on any atom is 0.126 e. The lowest BCUT2D eigenvalue weighted by molar-refractivity contribution is 0.326. The summed E-state index contributed by atoms with van der Waals surface area (Å²) in [5.41, 5.74) is 6.60. The van der Waals surface area contributed by atoms with E-state index in [0.717, 1.165) is 40.1 Å². The van der Waals surface area contributed by atoms with Crippen LogP contribution in [0.2, 0.25) is 0 Å². The zero-order valence-electron chi connectivity index (χ0n) is 24.6. The van der Waals surface area contributed by atoms with Gasteiger partial charge in [0.2, 0.25) is 0 Å². The molecule has 212 valence electrons. The van der Waals surface area contributed by atoms with E-state index in [1.807, 2.05) is 36.4 Å². The lowest BCUT2D eigenvalue weighted by atomic mass is 9.55. The molecular formula is C35H36O6. The first kappa shape index (κ1) is 26.9. The van der Waals surface area contributed by atoms with Gasteiger partial charge in [0.15, 0.2) is 0 Å². The van der Waals surface area contributed by atoms with Crippen LogP contribution >= 0.6 is 0 Å². The van der Waals surface area contributed by atoms with E-state index < -0.39 is 5.41 Å². The van der Waals surface area contributed by atoms with Crippen molar-refractivity contribution in [2.45, 2.75) is 30.1 Å². The van der Waals surface area contributed by atoms with Gasteiger partial charge < -0.3 is 28.4 Å². The molecule has 0 heterocycles. The molecule has 41 heavy (non-hydrogen) atoms. The number of fused-ring (bicyclic) bond motifs is 7. The summed E-state index contributed by atoms with van der Waals surface area (Å²) in [5, 5.41) is 0. The van der Waals surface area contributed by atoms with Crippen LogP contribution in [0.5, 0.6) is 34.5 Å². The molecule has 2 aliphatic rings. The van der Waals surface area contributed by atoms with Crippen LogP contribution in [0.4, 0.5) is 0 Å². The molecule has 3 unspecified atom stereocenters. The smallest absolute Gasteiger partial charge is 0.126 e. The van der Waals surface area contributed by atoms with Crippen molar-refractivity contribution in [1.29, 1.82) is 0 Å². The Labute approximate surface area is 241 Å². The van der Waals surface area contributed by atoms with Gasteiger partial charge in [0.05, 0.1) is 42.7 Å². The van der Waals surface area contributed by atoms with Gasteiger partial charge in [-0.25, -0.2) is 0 Å². The van der Waals surface area contributed by atoms with E-state index in [0.29, 0.717) is 0 Å². The molecule has 0 N–H and O–H groups in total. The first-order valence-electron chi connectivity index (χ1n) is 13.7. The average molecular weight is 553 g/mol. The summed E-state index contributed by atoms with van der Waals surface area (Å²) in [6, 6.07) is 25.2. The van der Waals surface area contributed by atoms with Gasteiger partial charge in [-0.05, 0) is 58.7 Å². The van der Waals surface area contributed by atoms with E-state index in [4.69, 9.17) is 28.4 Å². The Balaban J connectivity index is 1.76. The van der Waals surface area contributed by atoms with Crippen molar-refractivity contribution in [1.82, 2.24) is 0 Å². The molecule has 0 saturated carbocycles. The summed E-state index contributed by atoms with van der Waals surface area (Å²) in [5.74, 6) is 4.91. The van der Waals surface area contributed by atoms with Crippen molar-refractivity contribution < 1.29 is 28.4 Å². The predicted molar refractivity (Wildman–Crippen MR) is 159 cm³/mol. The SMILES string of the molecule is COc1ccc(C2C3c4cc(OC)cc(OC)c4[C@@](C)(c4ccc(OC)cc4)C2c2cc(OC)cc(OC)c23)cc1. The van der Waals surface area contributed by atoms with Crippen LogP contribution in [0, 0.1) is 0 Å². The second kappa shape index (κ2) is 10.3. The predicted octanol–water partition coefficient (Wildman–Crippen LogP) is 7.07. The van der Waals surface area contributed by atoms with Gasteiger partial charge in [0, 0.05) is 46.4 Å². The Morgan fingerprint density at radius 2 is 1.05 bits per heavy atom. The van der Waals surface area contributed by atoms with Gasteiger partial charge in [-0.15, -0.1) is 0 Å². The normalized spacial score (nSPS) is 21.9. The van der Waals surface area contributed by atoms with E-state index in [2.05, 4.69) is 43.3 Å². The number of methoxy groups -OCH3 is 6. The lowest BCUT2D eigenvalue weighted by Gasteiger charge is -2.47. The summed E-state index contributed by atoms with van der Waals surface area (Å²) in [6.07, 6.45) is 0. The Bertz CT molecular complexity index is 1580. The minimum Gasteiger partial charge on any atom is -0.497 e. The molecule has 2 aliphatic carbocycles. The second-order valence-corrected chi connectivity index (χ2v) is 10.8. The highest BCUT2D eigenvalue weighted by molar-refractivity contribution is 5.71. The molecule has 0 aliphatic heterocycles. The third-order valence-corrected chi connectivity index (χ3v) is 9.20. The van der Waals surface area contributed by atoms with Crippen molar-refractivity contribution in [3.63, 3.8) is 0 Å². The molecule has 0 amide bonds. The fraction of sp³-hybridized carbons (Fsp3) is 0.314. The Kier molecular flexibility index (Phi) is 6.72. The van der Waals surface area contributed by atoms with Crippen LogP contribution < -0.4 is 28.4 Å². The Morgan fingerprint density at radius 1 is 0.537 bits per heavy atom. The third-order valence-electron chi connectivity index (χ3n) is 9.20. The molecule has 0 radical (unpaired) electrons. The van der Waals surface area contributed by atoms with Gasteiger partial charge in [-0.1, -0.05) is 31.2 Å². The molecule has 4 aromatic rings. The van der Waals surface area contributed by atoms with E-state index >= 15 is 0 Å². The van der Waals surface area contributed by atoms with E-state index in [1.54, 1.807) is 42.7 Å². The maximum absolute atomic E-state index is 6.14. The van der Waals surface area contributed by atoms with E-state index in [1.165, 1.54) is 27.8 Å². The van der Waals surface area contributed by atoms with Crippen molar-refractivity contribution in [3.8, 4) is 34.5 Å². The van der Waals surface area contributed by atoms with Crippen LogP contribution in [0.25, 0.3) is 0 Å². The molecule has 0 aromatic heterocycles. The fourth-order valence-corrected chi connectivity index (χ4v) is 7.40. The third kappa shape index (κ3) is 3.91. The minimum atomic E-state index is -0.497. The zero-order valence-corrected chi connectivity index (χ0v) is 24.6. The molecule has 2 bridgehead atoms. The number of benzene rings is 4. The molecule has 0 saturated heterocycles. The van der Waals surface area contributed by atoms with Crippen LogP contribution in [-0.2, 0) is 5.41 Å². The molecule has 6 heteroatoms. The maximum atomic E-state index is 6.14. The summed E-state index contributed by atoms with van der Waals surface area (Å²) in [7, 11) is 10.3.